The maximum absolute atomic E-state index is 12.8. The first-order valence-corrected chi connectivity index (χ1v) is 9.17. The van der Waals surface area contributed by atoms with E-state index >= 15 is 0 Å². The van der Waals surface area contributed by atoms with Crippen LogP contribution in [0.5, 0.6) is 11.5 Å². The van der Waals surface area contributed by atoms with E-state index in [2.05, 4.69) is 0 Å². The quantitative estimate of drug-likeness (QED) is 0.578. The number of carbonyl (C=O) groups excluding carboxylic acids is 1. The van der Waals surface area contributed by atoms with Gasteiger partial charge in [-0.3, -0.25) is 14.9 Å². The number of nitrogens with zero attached hydrogens (tertiary/aromatic N) is 4. The Morgan fingerprint density at radius 3 is 2.55 bits per heavy atom. The van der Waals surface area contributed by atoms with Crippen LogP contribution < -0.4 is 14.4 Å². The lowest BCUT2D eigenvalue weighted by atomic mass is 10.1. The normalized spacial score (nSPS) is 18.1. The third kappa shape index (κ3) is 3.65. The molecule has 1 atom stereocenters. The minimum absolute atomic E-state index is 0.117. The summed E-state index contributed by atoms with van der Waals surface area (Å²) in [5.41, 5.74) is 0.768. The van der Waals surface area contributed by atoms with Crippen LogP contribution in [0, 0.1) is 21.4 Å². The zero-order valence-corrected chi connectivity index (χ0v) is 15.5. The number of benzene rings is 2. The monoisotopic (exact) mass is 394 g/mol. The van der Waals surface area contributed by atoms with Crippen LogP contribution in [0.4, 0.5) is 11.4 Å². The molecule has 0 aromatic heterocycles. The molecular weight excluding hydrogens is 376 g/mol. The molecule has 9 heteroatoms. The van der Waals surface area contributed by atoms with Crippen molar-refractivity contribution in [3.63, 3.8) is 0 Å². The van der Waals surface area contributed by atoms with E-state index in [4.69, 9.17) is 9.47 Å². The molecule has 1 saturated heterocycles. The second kappa shape index (κ2) is 7.67. The van der Waals surface area contributed by atoms with E-state index in [1.54, 1.807) is 23.1 Å². The van der Waals surface area contributed by atoms with Crippen molar-refractivity contribution in [2.45, 2.75) is 6.10 Å². The second-order valence-electron chi connectivity index (χ2n) is 6.75. The fourth-order valence-corrected chi connectivity index (χ4v) is 3.52. The van der Waals surface area contributed by atoms with Gasteiger partial charge in [-0.15, -0.1) is 0 Å². The highest BCUT2D eigenvalue weighted by molar-refractivity contribution is 5.82. The average molecular weight is 394 g/mol. The first kappa shape index (κ1) is 18.6. The Morgan fingerprint density at radius 2 is 1.86 bits per heavy atom. The Labute approximate surface area is 166 Å². The summed E-state index contributed by atoms with van der Waals surface area (Å²) in [6.07, 6.45) is -0.689. The molecule has 2 heterocycles. The third-order valence-corrected chi connectivity index (χ3v) is 5.03. The number of non-ortho nitro benzene ring substituents is 1. The summed E-state index contributed by atoms with van der Waals surface area (Å²) in [6, 6.07) is 13.5. The largest absolute Gasteiger partial charge is 0.485 e. The van der Waals surface area contributed by atoms with E-state index in [9.17, 15) is 20.2 Å². The maximum atomic E-state index is 12.8. The summed E-state index contributed by atoms with van der Waals surface area (Å²) in [4.78, 5) is 26.9. The van der Waals surface area contributed by atoms with E-state index in [0.717, 1.165) is 0 Å². The number of para-hydroxylation sites is 2. The fraction of sp³-hybridized carbons (Fsp3) is 0.300. The zero-order chi connectivity index (χ0) is 20.4. The molecule has 1 fully saturated rings. The summed E-state index contributed by atoms with van der Waals surface area (Å²) in [7, 11) is 0. The van der Waals surface area contributed by atoms with E-state index in [-0.39, 0.29) is 23.8 Å². The number of fused-ring (bicyclic) bond motifs is 1. The minimum Gasteiger partial charge on any atom is -0.485 e. The van der Waals surface area contributed by atoms with Gasteiger partial charge in [0, 0.05) is 38.3 Å². The molecular formula is C20H18N4O5. The summed E-state index contributed by atoms with van der Waals surface area (Å²) in [5.74, 6) is 1.05. The Kier molecular flexibility index (Phi) is 4.91. The molecule has 0 radical (unpaired) electrons. The standard InChI is InChI=1S/C20H18N4O5/c21-12-14-11-15(24(26)27)5-6-16(14)22-7-9-23(10-8-22)20(25)19-13-28-17-3-1-2-4-18(17)29-19/h1-6,11,19H,7-10,13H2/t19-/m1/s1. The first-order valence-electron chi connectivity index (χ1n) is 9.17. The van der Waals surface area contributed by atoms with E-state index in [0.29, 0.717) is 43.4 Å². The average Bonchev–Trinajstić information content (AvgIpc) is 2.78. The van der Waals surface area contributed by atoms with E-state index < -0.39 is 11.0 Å². The van der Waals surface area contributed by atoms with Gasteiger partial charge >= 0.3 is 0 Å². The van der Waals surface area contributed by atoms with Crippen LogP contribution in [0.1, 0.15) is 5.56 Å². The Balaban J connectivity index is 1.41. The molecule has 2 aromatic rings. The Morgan fingerprint density at radius 1 is 1.14 bits per heavy atom. The van der Waals surface area contributed by atoms with Gasteiger partial charge in [-0.05, 0) is 18.2 Å². The van der Waals surface area contributed by atoms with Crippen molar-refractivity contribution in [1.29, 1.82) is 5.26 Å². The molecule has 2 aliphatic rings. The Hall–Kier alpha value is -3.80. The first-order chi connectivity index (χ1) is 14.1. The molecule has 1 amide bonds. The third-order valence-electron chi connectivity index (χ3n) is 5.03. The predicted molar refractivity (Wildman–Crippen MR) is 103 cm³/mol. The van der Waals surface area contributed by atoms with E-state index in [1.165, 1.54) is 12.1 Å². The number of carbonyl (C=O) groups is 1. The predicted octanol–water partition coefficient (Wildman–Crippen LogP) is 1.96. The highest BCUT2D eigenvalue weighted by Gasteiger charge is 2.33. The number of rotatable bonds is 3. The van der Waals surface area contributed by atoms with Crippen LogP contribution >= 0.6 is 0 Å². The van der Waals surface area contributed by atoms with Crippen LogP contribution in [0.15, 0.2) is 42.5 Å². The molecule has 0 saturated carbocycles. The van der Waals surface area contributed by atoms with Crippen molar-refractivity contribution in [3.8, 4) is 17.6 Å². The van der Waals surface area contributed by atoms with Crippen molar-refractivity contribution < 1.29 is 19.2 Å². The lowest BCUT2D eigenvalue weighted by molar-refractivity contribution is -0.384. The molecule has 4 rings (SSSR count). The summed E-state index contributed by atoms with van der Waals surface area (Å²) in [5, 5.41) is 20.3. The number of hydrogen-bond acceptors (Lipinski definition) is 7. The van der Waals surface area contributed by atoms with Gasteiger partial charge < -0.3 is 19.3 Å². The molecule has 29 heavy (non-hydrogen) atoms. The number of nitro benzene ring substituents is 1. The maximum Gasteiger partial charge on any atom is 0.270 e. The fourth-order valence-electron chi connectivity index (χ4n) is 3.52. The lowest BCUT2D eigenvalue weighted by Gasteiger charge is -2.38. The molecule has 2 aromatic carbocycles. The van der Waals surface area contributed by atoms with Crippen molar-refractivity contribution in [2.75, 3.05) is 37.7 Å². The molecule has 148 valence electrons. The minimum atomic E-state index is -0.689. The SMILES string of the molecule is N#Cc1cc([N+](=O)[O-])ccc1N1CCN(C(=O)[C@H]2COc3ccccc3O2)CC1. The Bertz CT molecular complexity index is 995. The number of nitriles is 1. The zero-order valence-electron chi connectivity index (χ0n) is 15.5. The van der Waals surface area contributed by atoms with Gasteiger partial charge in [0.2, 0.25) is 6.10 Å². The van der Waals surface area contributed by atoms with Crippen LogP contribution in [0.3, 0.4) is 0 Å². The van der Waals surface area contributed by atoms with Gasteiger partial charge in [0.25, 0.3) is 11.6 Å². The molecule has 9 nitrogen and oxygen atoms in total. The van der Waals surface area contributed by atoms with Gasteiger partial charge in [-0.25, -0.2) is 0 Å². The smallest absolute Gasteiger partial charge is 0.270 e. The lowest BCUT2D eigenvalue weighted by Crippen LogP contribution is -2.54. The number of nitro groups is 1. The second-order valence-corrected chi connectivity index (χ2v) is 6.75. The highest BCUT2D eigenvalue weighted by Crippen LogP contribution is 2.31. The van der Waals surface area contributed by atoms with Gasteiger partial charge in [-0.1, -0.05) is 12.1 Å². The number of hydrogen-bond donors (Lipinski definition) is 0. The van der Waals surface area contributed by atoms with Gasteiger partial charge in [0.15, 0.2) is 11.5 Å². The summed E-state index contributed by atoms with van der Waals surface area (Å²) in [6.45, 7) is 2.12. The molecule has 0 unspecified atom stereocenters. The highest BCUT2D eigenvalue weighted by atomic mass is 16.6. The van der Waals surface area contributed by atoms with Gasteiger partial charge in [0.05, 0.1) is 16.2 Å². The molecule has 0 aliphatic carbocycles. The topological polar surface area (TPSA) is 109 Å². The van der Waals surface area contributed by atoms with Gasteiger partial charge in [-0.2, -0.15) is 5.26 Å². The molecule has 0 bridgehead atoms. The van der Waals surface area contributed by atoms with Crippen LogP contribution in [0.25, 0.3) is 0 Å². The van der Waals surface area contributed by atoms with Crippen LogP contribution in [-0.2, 0) is 4.79 Å². The number of piperazine rings is 1. The molecule has 0 spiro atoms. The van der Waals surface area contributed by atoms with Crippen molar-refractivity contribution in [2.24, 2.45) is 0 Å². The summed E-state index contributed by atoms with van der Waals surface area (Å²) >= 11 is 0. The van der Waals surface area contributed by atoms with Crippen LogP contribution in [0.2, 0.25) is 0 Å². The number of amides is 1. The summed E-state index contributed by atoms with van der Waals surface area (Å²) < 4.78 is 11.4. The number of anilines is 1. The van der Waals surface area contributed by atoms with Crippen molar-refractivity contribution in [3.05, 3.63) is 58.1 Å². The van der Waals surface area contributed by atoms with Crippen LogP contribution in [-0.4, -0.2) is 54.6 Å². The van der Waals surface area contributed by atoms with E-state index in [1.807, 2.05) is 23.1 Å². The van der Waals surface area contributed by atoms with Crippen molar-refractivity contribution >= 4 is 17.3 Å². The van der Waals surface area contributed by atoms with Gasteiger partial charge in [0.1, 0.15) is 12.7 Å². The van der Waals surface area contributed by atoms with Crippen molar-refractivity contribution in [1.82, 2.24) is 4.90 Å². The molecule has 2 aliphatic heterocycles. The molecule has 0 N–H and O–H groups in total. The number of ether oxygens (including phenoxy) is 2.